The molecule has 3 nitrogen and oxygen atoms in total. The van der Waals surface area contributed by atoms with Gasteiger partial charge in [0.25, 0.3) is 0 Å². The summed E-state index contributed by atoms with van der Waals surface area (Å²) < 4.78 is 32.1. The highest BCUT2D eigenvalue weighted by atomic mass is 32.2. The quantitative estimate of drug-likeness (QED) is 0.783. The summed E-state index contributed by atoms with van der Waals surface area (Å²) in [6, 6.07) is 1.42. The Morgan fingerprint density at radius 1 is 1.43 bits per heavy atom. The lowest BCUT2D eigenvalue weighted by Gasteiger charge is -2.12. The summed E-state index contributed by atoms with van der Waals surface area (Å²) in [5.41, 5.74) is 0.239. The van der Waals surface area contributed by atoms with Crippen molar-refractivity contribution in [3.63, 3.8) is 0 Å². The molecule has 0 aromatic heterocycles. The second-order valence-corrected chi connectivity index (χ2v) is 6.17. The van der Waals surface area contributed by atoms with Crippen molar-refractivity contribution in [3.8, 4) is 5.75 Å². The molecule has 1 atom stereocenters. The van der Waals surface area contributed by atoms with E-state index in [4.69, 9.17) is 4.74 Å². The van der Waals surface area contributed by atoms with Crippen molar-refractivity contribution in [2.45, 2.75) is 32.2 Å². The molecule has 2 rings (SSSR count). The number of fused-ring (bicyclic) bond motifs is 1. The van der Waals surface area contributed by atoms with Crippen LogP contribution >= 0.6 is 11.8 Å². The zero-order chi connectivity index (χ0) is 15.2. The number of thioether (sulfide) groups is 1. The Morgan fingerprint density at radius 3 is 3.00 bits per heavy atom. The average Bonchev–Trinajstić information content (AvgIpc) is 2.81. The Balaban J connectivity index is 1.84. The van der Waals surface area contributed by atoms with Gasteiger partial charge in [-0.1, -0.05) is 13.3 Å². The molecule has 1 heterocycles. The van der Waals surface area contributed by atoms with Gasteiger partial charge in [-0.25, -0.2) is 8.78 Å². The average molecular weight is 315 g/mol. The van der Waals surface area contributed by atoms with Gasteiger partial charge in [-0.15, -0.1) is 0 Å². The summed E-state index contributed by atoms with van der Waals surface area (Å²) in [5.74, 6) is 0.487. The maximum Gasteiger partial charge on any atom is 0.221 e. The van der Waals surface area contributed by atoms with Gasteiger partial charge in [0, 0.05) is 24.3 Å². The minimum atomic E-state index is -0.676. The molecule has 21 heavy (non-hydrogen) atoms. The highest BCUT2D eigenvalue weighted by Crippen LogP contribution is 2.35. The predicted molar refractivity (Wildman–Crippen MR) is 79.6 cm³/mol. The molecule has 0 spiro atoms. The minimum absolute atomic E-state index is 0.135. The third-order valence-corrected chi connectivity index (χ3v) is 4.33. The van der Waals surface area contributed by atoms with Gasteiger partial charge in [0.05, 0.1) is 11.6 Å². The van der Waals surface area contributed by atoms with Gasteiger partial charge in [0.1, 0.15) is 24.0 Å². The zero-order valence-electron chi connectivity index (χ0n) is 12.0. The lowest BCUT2D eigenvalue weighted by molar-refractivity contribution is -0.121. The third kappa shape index (κ3) is 4.33. The summed E-state index contributed by atoms with van der Waals surface area (Å²) in [5, 5.41) is 2.75. The normalized spacial score (nSPS) is 16.4. The van der Waals surface area contributed by atoms with Crippen LogP contribution < -0.4 is 10.1 Å². The SMILES string of the molecule is CCCCSCCC(=O)N[C@H]1COc2cc(F)cc(F)c21. The molecule has 1 aromatic rings. The van der Waals surface area contributed by atoms with Crippen LogP contribution in [0.5, 0.6) is 5.75 Å². The first-order valence-corrected chi connectivity index (χ1v) is 8.26. The summed E-state index contributed by atoms with van der Waals surface area (Å²) in [6.07, 6.45) is 2.68. The zero-order valence-corrected chi connectivity index (χ0v) is 12.8. The molecule has 1 aliphatic rings. The fraction of sp³-hybridized carbons (Fsp3) is 0.533. The molecule has 1 aliphatic heterocycles. The Morgan fingerprint density at radius 2 is 2.24 bits per heavy atom. The predicted octanol–water partition coefficient (Wildman–Crippen LogP) is 3.44. The molecule has 0 aliphatic carbocycles. The summed E-state index contributed by atoms with van der Waals surface area (Å²) >= 11 is 1.74. The highest BCUT2D eigenvalue weighted by molar-refractivity contribution is 7.99. The van der Waals surface area contributed by atoms with E-state index in [1.54, 1.807) is 11.8 Å². The van der Waals surface area contributed by atoms with Gasteiger partial charge in [-0.3, -0.25) is 4.79 Å². The molecule has 6 heteroatoms. The van der Waals surface area contributed by atoms with Crippen molar-refractivity contribution in [3.05, 3.63) is 29.3 Å². The summed E-state index contributed by atoms with van der Waals surface area (Å²) in [4.78, 5) is 11.8. The molecule has 1 aromatic carbocycles. The van der Waals surface area contributed by atoms with Crippen LogP contribution in [0.1, 0.15) is 37.8 Å². The third-order valence-electron chi connectivity index (χ3n) is 3.26. The number of hydrogen-bond donors (Lipinski definition) is 1. The number of amides is 1. The molecular formula is C15H19F2NO2S. The van der Waals surface area contributed by atoms with Crippen molar-refractivity contribution in [2.75, 3.05) is 18.1 Å². The van der Waals surface area contributed by atoms with Crippen LogP contribution in [0, 0.1) is 11.6 Å². The van der Waals surface area contributed by atoms with E-state index in [0.29, 0.717) is 6.42 Å². The van der Waals surface area contributed by atoms with E-state index in [0.717, 1.165) is 36.5 Å². The van der Waals surface area contributed by atoms with Gasteiger partial charge in [-0.2, -0.15) is 11.8 Å². The van der Waals surface area contributed by atoms with Crippen molar-refractivity contribution in [1.29, 1.82) is 0 Å². The van der Waals surface area contributed by atoms with Crippen LogP contribution in [0.25, 0.3) is 0 Å². The number of hydrogen-bond acceptors (Lipinski definition) is 3. The van der Waals surface area contributed by atoms with Crippen molar-refractivity contribution in [1.82, 2.24) is 5.32 Å². The molecule has 0 radical (unpaired) electrons. The van der Waals surface area contributed by atoms with Crippen LogP contribution in [0.15, 0.2) is 12.1 Å². The Labute approximate surface area is 127 Å². The second kappa shape index (κ2) is 7.64. The largest absolute Gasteiger partial charge is 0.490 e. The standard InChI is InChI=1S/C15H19F2NO2S/c1-2-3-5-21-6-4-14(19)18-12-9-20-13-8-10(16)7-11(17)15(12)13/h7-8,12H,2-6,9H2,1H3,(H,18,19)/t12-/m0/s1. The minimum Gasteiger partial charge on any atom is -0.490 e. The highest BCUT2D eigenvalue weighted by Gasteiger charge is 2.29. The van der Waals surface area contributed by atoms with Gasteiger partial charge in [0.2, 0.25) is 5.91 Å². The number of nitrogens with one attached hydrogen (secondary N) is 1. The van der Waals surface area contributed by atoms with Crippen molar-refractivity contribution in [2.24, 2.45) is 0 Å². The van der Waals surface area contributed by atoms with E-state index < -0.39 is 17.7 Å². The fourth-order valence-corrected chi connectivity index (χ4v) is 3.20. The lowest BCUT2D eigenvalue weighted by atomic mass is 10.1. The molecule has 0 saturated carbocycles. The molecule has 1 N–H and O–H groups in total. The molecule has 1 amide bonds. The molecule has 0 bridgehead atoms. The van der Waals surface area contributed by atoms with E-state index in [9.17, 15) is 13.6 Å². The van der Waals surface area contributed by atoms with E-state index in [1.165, 1.54) is 0 Å². The molecule has 0 unspecified atom stereocenters. The second-order valence-electron chi connectivity index (χ2n) is 4.95. The van der Waals surface area contributed by atoms with Crippen LogP contribution in [0.4, 0.5) is 8.78 Å². The van der Waals surface area contributed by atoms with Gasteiger partial charge < -0.3 is 10.1 Å². The van der Waals surface area contributed by atoms with Crippen molar-refractivity contribution >= 4 is 17.7 Å². The number of carbonyl (C=O) groups is 1. The number of rotatable bonds is 7. The monoisotopic (exact) mass is 315 g/mol. The van der Waals surface area contributed by atoms with E-state index in [-0.39, 0.29) is 23.8 Å². The number of carbonyl (C=O) groups excluding carboxylic acids is 1. The molecule has 0 fully saturated rings. The van der Waals surface area contributed by atoms with E-state index in [1.807, 2.05) is 0 Å². The first kappa shape index (κ1) is 16.1. The summed E-state index contributed by atoms with van der Waals surface area (Å²) in [7, 11) is 0. The first-order chi connectivity index (χ1) is 10.1. The Bertz CT molecular complexity index is 511. The van der Waals surface area contributed by atoms with E-state index >= 15 is 0 Å². The van der Waals surface area contributed by atoms with Crippen molar-refractivity contribution < 1.29 is 18.3 Å². The smallest absolute Gasteiger partial charge is 0.221 e. The van der Waals surface area contributed by atoms with Crippen LogP contribution in [-0.2, 0) is 4.79 Å². The van der Waals surface area contributed by atoms with Crippen LogP contribution in [0.3, 0.4) is 0 Å². The van der Waals surface area contributed by atoms with Gasteiger partial charge in [0.15, 0.2) is 0 Å². The number of benzene rings is 1. The Hall–Kier alpha value is -1.30. The number of unbranched alkanes of at least 4 members (excludes halogenated alkanes) is 1. The van der Waals surface area contributed by atoms with Gasteiger partial charge >= 0.3 is 0 Å². The van der Waals surface area contributed by atoms with E-state index in [2.05, 4.69) is 12.2 Å². The molecular weight excluding hydrogens is 296 g/mol. The Kier molecular flexibility index (Phi) is 5.85. The maximum atomic E-state index is 13.8. The number of ether oxygens (including phenoxy) is 1. The fourth-order valence-electron chi connectivity index (χ4n) is 2.17. The van der Waals surface area contributed by atoms with Gasteiger partial charge in [-0.05, 0) is 12.2 Å². The maximum absolute atomic E-state index is 13.8. The number of halogens is 2. The van der Waals surface area contributed by atoms with Crippen LogP contribution in [-0.4, -0.2) is 24.0 Å². The lowest BCUT2D eigenvalue weighted by Crippen LogP contribution is -2.30. The summed E-state index contributed by atoms with van der Waals surface area (Å²) in [6.45, 7) is 2.27. The molecule has 116 valence electrons. The first-order valence-electron chi connectivity index (χ1n) is 7.10. The molecule has 0 saturated heterocycles. The topological polar surface area (TPSA) is 38.3 Å². The van der Waals surface area contributed by atoms with Crippen LogP contribution in [0.2, 0.25) is 0 Å².